The first-order valence-electron chi connectivity index (χ1n) is 7.95. The zero-order chi connectivity index (χ0) is 16.6. The van der Waals surface area contributed by atoms with E-state index in [0.717, 1.165) is 5.56 Å². The molecule has 0 aliphatic heterocycles. The highest BCUT2D eigenvalue weighted by atomic mass is 16.5. The van der Waals surface area contributed by atoms with Crippen molar-refractivity contribution in [2.24, 2.45) is 5.92 Å². The Bertz CT molecular complexity index is 770. The zero-order valence-corrected chi connectivity index (χ0v) is 14.1. The minimum atomic E-state index is -0.295. The minimum absolute atomic E-state index is 0.0300. The van der Waals surface area contributed by atoms with Gasteiger partial charge in [0.1, 0.15) is 0 Å². The highest BCUT2D eigenvalue weighted by Gasteiger charge is 2.34. The molecule has 1 unspecified atom stereocenters. The number of allylic oxidation sites excluding steroid dienone is 1. The number of ether oxygens (including phenoxy) is 1. The SMILES string of the molecule is COC(=O)c1ccc2c(c1)C(c1ccccc1)=CC(C)C2(C)C. The fraction of sp³-hybridized carbons (Fsp3) is 0.286. The van der Waals surface area contributed by atoms with Crippen LogP contribution >= 0.6 is 0 Å². The molecule has 1 aliphatic rings. The van der Waals surface area contributed by atoms with Crippen molar-refractivity contribution in [3.05, 3.63) is 76.9 Å². The van der Waals surface area contributed by atoms with Crippen LogP contribution in [0.1, 0.15) is 47.8 Å². The van der Waals surface area contributed by atoms with Gasteiger partial charge in [0.2, 0.25) is 0 Å². The zero-order valence-electron chi connectivity index (χ0n) is 14.1. The standard InChI is InChI=1S/C21H22O2/c1-14-12-17(15-8-6-5-7-9-15)18-13-16(20(22)23-4)10-11-19(18)21(14,2)3/h5-14H,1-4H3. The van der Waals surface area contributed by atoms with Crippen molar-refractivity contribution in [3.8, 4) is 0 Å². The summed E-state index contributed by atoms with van der Waals surface area (Å²) in [5.74, 6) is 0.117. The van der Waals surface area contributed by atoms with Gasteiger partial charge in [-0.3, -0.25) is 0 Å². The summed E-state index contributed by atoms with van der Waals surface area (Å²) in [6, 6.07) is 16.3. The van der Waals surface area contributed by atoms with Crippen LogP contribution in [0.5, 0.6) is 0 Å². The number of rotatable bonds is 2. The molecule has 0 saturated carbocycles. The van der Waals surface area contributed by atoms with Crippen molar-refractivity contribution in [1.29, 1.82) is 0 Å². The van der Waals surface area contributed by atoms with Gasteiger partial charge in [0.15, 0.2) is 0 Å². The first-order chi connectivity index (χ1) is 10.9. The Hall–Kier alpha value is -2.35. The number of hydrogen-bond donors (Lipinski definition) is 0. The number of esters is 1. The van der Waals surface area contributed by atoms with E-state index >= 15 is 0 Å². The molecule has 2 nitrogen and oxygen atoms in total. The molecule has 1 atom stereocenters. The van der Waals surface area contributed by atoms with Crippen molar-refractivity contribution in [2.45, 2.75) is 26.2 Å². The van der Waals surface area contributed by atoms with Gasteiger partial charge in [0.25, 0.3) is 0 Å². The summed E-state index contributed by atoms with van der Waals surface area (Å²) in [5, 5.41) is 0. The molecule has 1 aliphatic carbocycles. The van der Waals surface area contributed by atoms with Gasteiger partial charge >= 0.3 is 5.97 Å². The number of methoxy groups -OCH3 is 1. The van der Waals surface area contributed by atoms with Crippen LogP contribution in [0.4, 0.5) is 0 Å². The molecule has 3 rings (SSSR count). The first-order valence-corrected chi connectivity index (χ1v) is 7.95. The predicted molar refractivity (Wildman–Crippen MR) is 93.5 cm³/mol. The molecular weight excluding hydrogens is 284 g/mol. The molecule has 23 heavy (non-hydrogen) atoms. The van der Waals surface area contributed by atoms with E-state index in [-0.39, 0.29) is 11.4 Å². The molecule has 0 saturated heterocycles. The van der Waals surface area contributed by atoms with Crippen LogP contribution in [0.25, 0.3) is 5.57 Å². The van der Waals surface area contributed by atoms with E-state index in [0.29, 0.717) is 11.5 Å². The summed E-state index contributed by atoms with van der Waals surface area (Å²) in [6.45, 7) is 6.76. The quantitative estimate of drug-likeness (QED) is 0.743. The lowest BCUT2D eigenvalue weighted by atomic mass is 9.66. The van der Waals surface area contributed by atoms with Gasteiger partial charge in [0.05, 0.1) is 12.7 Å². The van der Waals surface area contributed by atoms with Crippen molar-refractivity contribution < 1.29 is 9.53 Å². The van der Waals surface area contributed by atoms with Crippen LogP contribution in [-0.2, 0) is 10.2 Å². The van der Waals surface area contributed by atoms with E-state index in [4.69, 9.17) is 4.74 Å². The van der Waals surface area contributed by atoms with Crippen molar-refractivity contribution in [2.75, 3.05) is 7.11 Å². The Morgan fingerprint density at radius 1 is 1.09 bits per heavy atom. The van der Waals surface area contributed by atoms with Crippen molar-refractivity contribution >= 4 is 11.5 Å². The molecule has 0 heterocycles. The van der Waals surface area contributed by atoms with E-state index in [1.54, 1.807) is 0 Å². The first kappa shape index (κ1) is 15.5. The van der Waals surface area contributed by atoms with Gasteiger partial charge in [-0.25, -0.2) is 4.79 Å². The van der Waals surface area contributed by atoms with Crippen molar-refractivity contribution in [1.82, 2.24) is 0 Å². The lowest BCUT2D eigenvalue weighted by Crippen LogP contribution is -2.30. The van der Waals surface area contributed by atoms with Crippen molar-refractivity contribution in [3.63, 3.8) is 0 Å². The Balaban J connectivity index is 2.23. The monoisotopic (exact) mass is 306 g/mol. The molecule has 2 heteroatoms. The number of benzene rings is 2. The topological polar surface area (TPSA) is 26.3 Å². The molecule has 0 fully saturated rings. The average molecular weight is 306 g/mol. The second-order valence-corrected chi connectivity index (χ2v) is 6.71. The van der Waals surface area contributed by atoms with Gasteiger partial charge in [-0.05, 0) is 45.7 Å². The maximum absolute atomic E-state index is 11.9. The molecular formula is C21H22O2. The van der Waals surface area contributed by atoms with E-state index in [9.17, 15) is 4.79 Å². The third-order valence-corrected chi connectivity index (χ3v) is 5.06. The minimum Gasteiger partial charge on any atom is -0.465 e. The maximum Gasteiger partial charge on any atom is 0.337 e. The summed E-state index contributed by atoms with van der Waals surface area (Å²) in [7, 11) is 1.42. The van der Waals surface area contributed by atoms with Crippen LogP contribution in [0.3, 0.4) is 0 Å². The molecule has 0 amide bonds. The summed E-state index contributed by atoms with van der Waals surface area (Å²) in [6.07, 6.45) is 2.32. The highest BCUT2D eigenvalue weighted by molar-refractivity contribution is 5.93. The van der Waals surface area contributed by atoms with Gasteiger partial charge in [0, 0.05) is 0 Å². The second kappa shape index (κ2) is 5.69. The Labute approximate surface area is 137 Å². The molecule has 0 bridgehead atoms. The van der Waals surface area contributed by atoms with Crippen LogP contribution in [0, 0.1) is 5.92 Å². The Kier molecular flexibility index (Phi) is 3.85. The molecule has 2 aromatic carbocycles. The van der Waals surface area contributed by atoms with E-state index in [1.807, 2.05) is 30.3 Å². The van der Waals surface area contributed by atoms with Gasteiger partial charge in [-0.1, -0.05) is 63.2 Å². The normalized spacial score (nSPS) is 18.8. The summed E-state index contributed by atoms with van der Waals surface area (Å²) in [5.41, 5.74) is 5.40. The van der Waals surface area contributed by atoms with Crippen LogP contribution < -0.4 is 0 Å². The molecule has 118 valence electrons. The van der Waals surface area contributed by atoms with Gasteiger partial charge in [-0.2, -0.15) is 0 Å². The maximum atomic E-state index is 11.9. The number of fused-ring (bicyclic) bond motifs is 1. The van der Waals surface area contributed by atoms with Crippen LogP contribution in [0.2, 0.25) is 0 Å². The summed E-state index contributed by atoms with van der Waals surface area (Å²) >= 11 is 0. The fourth-order valence-electron chi connectivity index (χ4n) is 3.24. The lowest BCUT2D eigenvalue weighted by Gasteiger charge is -2.38. The average Bonchev–Trinajstić information content (AvgIpc) is 2.58. The van der Waals surface area contributed by atoms with Gasteiger partial charge in [-0.15, -0.1) is 0 Å². The summed E-state index contributed by atoms with van der Waals surface area (Å²) in [4.78, 5) is 11.9. The largest absolute Gasteiger partial charge is 0.465 e. The second-order valence-electron chi connectivity index (χ2n) is 6.71. The highest BCUT2D eigenvalue weighted by Crippen LogP contribution is 2.44. The molecule has 0 N–H and O–H groups in total. The van der Waals surface area contributed by atoms with Crippen LogP contribution in [-0.4, -0.2) is 13.1 Å². The number of hydrogen-bond acceptors (Lipinski definition) is 2. The van der Waals surface area contributed by atoms with E-state index in [1.165, 1.54) is 23.8 Å². The number of carbonyl (C=O) groups is 1. The third-order valence-electron chi connectivity index (χ3n) is 5.06. The third kappa shape index (κ3) is 2.59. The molecule has 0 aromatic heterocycles. The van der Waals surface area contributed by atoms with E-state index in [2.05, 4.69) is 45.0 Å². The molecule has 2 aromatic rings. The smallest absolute Gasteiger partial charge is 0.337 e. The molecule has 0 spiro atoms. The predicted octanol–water partition coefficient (Wildman–Crippen LogP) is 4.83. The Morgan fingerprint density at radius 2 is 1.78 bits per heavy atom. The fourth-order valence-corrected chi connectivity index (χ4v) is 3.24. The molecule has 0 radical (unpaired) electrons. The lowest BCUT2D eigenvalue weighted by molar-refractivity contribution is 0.0600. The van der Waals surface area contributed by atoms with E-state index < -0.39 is 0 Å². The van der Waals surface area contributed by atoms with Gasteiger partial charge < -0.3 is 4.74 Å². The van der Waals surface area contributed by atoms with Crippen LogP contribution in [0.15, 0.2) is 54.6 Å². The number of carbonyl (C=O) groups excluding carboxylic acids is 1. The Morgan fingerprint density at radius 3 is 2.43 bits per heavy atom. The summed E-state index contributed by atoms with van der Waals surface area (Å²) < 4.78 is 4.88.